The standard InChI is InChI=1S/C21H22N4O4S.C19H18N4O4S/c1-13-18(30-12-23-13)6-7-29-17-9-15(8-16(10-17)25(2)3)20(26)24-19-5-4-14(11-22-19)21(27)28;1-11-16(28-10-22-11)4-5-27-15-7-13(6-14(20)8-15)18(24)23-17-3-2-12(9-21-17)19(25)26/h4-5,8-12H,6-7H2,1-3H3,(H,27,28)(H,22,24,26);2-3,6-10H,4-5,20H2,1H3,(H,25,26)(H,21,23,24). The Bertz CT molecular complexity index is 2380. The number of rotatable bonds is 15. The molecule has 2 amide bonds. The van der Waals surface area contributed by atoms with Crippen molar-refractivity contribution < 1.29 is 38.9 Å². The number of hydrogen-bond acceptors (Lipinski definition) is 14. The number of nitrogen functional groups attached to an aromatic ring is 1. The zero-order valence-corrected chi connectivity index (χ0v) is 33.5. The lowest BCUT2D eigenvalue weighted by Gasteiger charge is -2.16. The SMILES string of the molecule is Cc1ncsc1CCOc1cc(C(=O)Nc2ccc(C(=O)O)cn2)cc(N(C)C)c1.Cc1ncsc1CCOc1cc(N)cc(C(=O)Nc2ccc(C(=O)O)cn2)c1. The maximum Gasteiger partial charge on any atom is 0.337 e. The lowest BCUT2D eigenvalue weighted by Crippen LogP contribution is -2.16. The smallest absolute Gasteiger partial charge is 0.337 e. The predicted molar refractivity (Wildman–Crippen MR) is 222 cm³/mol. The van der Waals surface area contributed by atoms with Gasteiger partial charge in [-0.25, -0.2) is 29.5 Å². The first kappa shape index (κ1) is 42.2. The van der Waals surface area contributed by atoms with Crippen LogP contribution in [0.5, 0.6) is 11.5 Å². The summed E-state index contributed by atoms with van der Waals surface area (Å²) in [5, 5.41) is 23.1. The molecule has 0 atom stereocenters. The fraction of sp³-hybridized carbons (Fsp3) is 0.200. The first-order valence-electron chi connectivity index (χ1n) is 17.5. The highest BCUT2D eigenvalue weighted by Crippen LogP contribution is 2.25. The Morgan fingerprint density at radius 2 is 1.12 bits per heavy atom. The van der Waals surface area contributed by atoms with Gasteiger partial charge in [0.2, 0.25) is 0 Å². The summed E-state index contributed by atoms with van der Waals surface area (Å²) in [7, 11) is 3.77. The molecule has 6 N–H and O–H groups in total. The molecule has 6 rings (SSSR count). The minimum Gasteiger partial charge on any atom is -0.493 e. The third kappa shape index (κ3) is 12.0. The van der Waals surface area contributed by atoms with Crippen molar-refractivity contribution in [2.24, 2.45) is 0 Å². The topological polar surface area (TPSA) is 232 Å². The highest BCUT2D eigenvalue weighted by Gasteiger charge is 2.14. The average Bonchev–Trinajstić information content (AvgIpc) is 3.81. The molecule has 6 aromatic rings. The number of aryl methyl sites for hydroxylation is 2. The van der Waals surface area contributed by atoms with Crippen molar-refractivity contribution in [3.05, 3.63) is 127 Å². The minimum atomic E-state index is -1.09. The Labute approximate surface area is 341 Å². The Balaban J connectivity index is 0.000000221. The summed E-state index contributed by atoms with van der Waals surface area (Å²) >= 11 is 3.17. The number of amides is 2. The molecule has 0 saturated heterocycles. The van der Waals surface area contributed by atoms with Crippen molar-refractivity contribution in [3.8, 4) is 11.5 Å². The summed E-state index contributed by atoms with van der Waals surface area (Å²) in [6.45, 7) is 4.83. The van der Waals surface area contributed by atoms with Gasteiger partial charge in [0.25, 0.3) is 11.8 Å². The summed E-state index contributed by atoms with van der Waals surface area (Å²) in [5.74, 6) is -1.37. The van der Waals surface area contributed by atoms with Crippen LogP contribution in [0.3, 0.4) is 0 Å². The molecule has 0 aliphatic heterocycles. The van der Waals surface area contributed by atoms with Gasteiger partial charge in [-0.1, -0.05) is 0 Å². The van der Waals surface area contributed by atoms with Gasteiger partial charge in [0, 0.05) is 83.7 Å². The largest absolute Gasteiger partial charge is 0.493 e. The minimum absolute atomic E-state index is 0.0359. The van der Waals surface area contributed by atoms with Crippen molar-refractivity contribution in [1.82, 2.24) is 19.9 Å². The molecule has 0 fully saturated rings. The highest BCUT2D eigenvalue weighted by atomic mass is 32.1. The van der Waals surface area contributed by atoms with Crippen LogP contribution in [-0.4, -0.2) is 81.2 Å². The molecule has 4 aromatic heterocycles. The maximum absolute atomic E-state index is 12.7. The molecule has 0 radical (unpaired) electrons. The van der Waals surface area contributed by atoms with Crippen molar-refractivity contribution in [2.75, 3.05) is 48.6 Å². The quantitative estimate of drug-likeness (QED) is 0.0698. The Hall–Kier alpha value is -6.92. The number of carboxylic acids is 2. The molecule has 0 aliphatic rings. The van der Waals surface area contributed by atoms with Crippen molar-refractivity contribution in [2.45, 2.75) is 26.7 Å². The molecule has 300 valence electrons. The Morgan fingerprint density at radius 1 is 0.655 bits per heavy atom. The van der Waals surface area contributed by atoms with Crippen LogP contribution in [0.25, 0.3) is 0 Å². The number of aromatic carboxylic acids is 2. The van der Waals surface area contributed by atoms with Crippen LogP contribution in [-0.2, 0) is 12.8 Å². The number of anilines is 4. The number of carboxylic acid groups (broad SMARTS) is 2. The first-order valence-corrected chi connectivity index (χ1v) is 19.3. The van der Waals surface area contributed by atoms with E-state index in [1.807, 2.05) is 44.4 Å². The predicted octanol–water partition coefficient (Wildman–Crippen LogP) is 6.49. The van der Waals surface area contributed by atoms with Crippen LogP contribution in [0.4, 0.5) is 23.0 Å². The molecule has 16 nitrogen and oxygen atoms in total. The van der Waals surface area contributed by atoms with Crippen molar-refractivity contribution in [3.63, 3.8) is 0 Å². The number of nitrogens with zero attached hydrogens (tertiary/aromatic N) is 5. The molecule has 0 saturated carbocycles. The summed E-state index contributed by atoms with van der Waals surface area (Å²) in [5.41, 5.74) is 13.5. The second kappa shape index (κ2) is 19.8. The van der Waals surface area contributed by atoms with E-state index in [1.165, 1.54) is 47.6 Å². The van der Waals surface area contributed by atoms with Gasteiger partial charge in [0.15, 0.2) is 0 Å². The lowest BCUT2D eigenvalue weighted by molar-refractivity contribution is 0.0685. The van der Waals surface area contributed by atoms with Crippen LogP contribution in [0.2, 0.25) is 0 Å². The van der Waals surface area contributed by atoms with Gasteiger partial charge in [-0.2, -0.15) is 0 Å². The number of carbonyl (C=O) groups is 4. The van der Waals surface area contributed by atoms with Crippen LogP contribution in [0.1, 0.15) is 62.6 Å². The van der Waals surface area contributed by atoms with Gasteiger partial charge in [-0.05, 0) is 62.4 Å². The number of hydrogen-bond donors (Lipinski definition) is 5. The van der Waals surface area contributed by atoms with Crippen molar-refractivity contribution >= 4 is 69.4 Å². The number of ether oxygens (including phenoxy) is 2. The number of carbonyl (C=O) groups excluding carboxylic acids is 2. The van der Waals surface area contributed by atoms with E-state index in [-0.39, 0.29) is 28.7 Å². The number of benzene rings is 2. The van der Waals surface area contributed by atoms with Gasteiger partial charge in [0.1, 0.15) is 23.1 Å². The molecule has 0 aliphatic carbocycles. The fourth-order valence-electron chi connectivity index (χ4n) is 5.11. The number of thiazole rings is 2. The zero-order valence-electron chi connectivity index (χ0n) is 31.9. The Kier molecular flexibility index (Phi) is 14.4. The third-order valence-electron chi connectivity index (χ3n) is 8.25. The molecule has 0 bridgehead atoms. The van der Waals surface area contributed by atoms with Gasteiger partial charge in [0.05, 0.1) is 46.7 Å². The van der Waals surface area contributed by atoms with E-state index in [9.17, 15) is 19.2 Å². The zero-order chi connectivity index (χ0) is 41.8. The van der Waals surface area contributed by atoms with Crippen molar-refractivity contribution in [1.29, 1.82) is 0 Å². The highest BCUT2D eigenvalue weighted by molar-refractivity contribution is 7.10. The van der Waals surface area contributed by atoms with E-state index < -0.39 is 17.8 Å². The van der Waals surface area contributed by atoms with Gasteiger partial charge < -0.3 is 41.0 Å². The summed E-state index contributed by atoms with van der Waals surface area (Å²) in [4.78, 5) is 67.5. The second-order valence-electron chi connectivity index (χ2n) is 12.7. The van der Waals surface area contributed by atoms with E-state index in [4.69, 9.17) is 25.4 Å². The van der Waals surface area contributed by atoms with E-state index >= 15 is 0 Å². The number of nitrogens with two attached hydrogens (primary N) is 1. The maximum atomic E-state index is 12.7. The van der Waals surface area contributed by atoms with Crippen LogP contribution in [0.15, 0.2) is 84.1 Å². The number of nitrogens with one attached hydrogen (secondary N) is 2. The molecule has 58 heavy (non-hydrogen) atoms. The summed E-state index contributed by atoms with van der Waals surface area (Å²) in [6, 6.07) is 15.7. The van der Waals surface area contributed by atoms with Crippen LogP contribution >= 0.6 is 22.7 Å². The van der Waals surface area contributed by atoms with Gasteiger partial charge in [-0.15, -0.1) is 22.7 Å². The molecule has 0 unspecified atom stereocenters. The molecular weight excluding hydrogens is 785 g/mol. The van der Waals surface area contributed by atoms with Crippen LogP contribution < -0.4 is 30.7 Å². The molecule has 18 heteroatoms. The fourth-order valence-corrected chi connectivity index (χ4v) is 6.64. The normalized spacial score (nSPS) is 10.5. The Morgan fingerprint density at radius 3 is 1.52 bits per heavy atom. The number of aromatic nitrogens is 4. The molecule has 0 spiro atoms. The van der Waals surface area contributed by atoms with E-state index in [0.717, 1.165) is 28.4 Å². The molecule has 4 heterocycles. The van der Waals surface area contributed by atoms with Gasteiger partial charge in [-0.3, -0.25) is 9.59 Å². The third-order valence-corrected chi connectivity index (χ3v) is 10.2. The lowest BCUT2D eigenvalue weighted by atomic mass is 10.1. The van der Waals surface area contributed by atoms with E-state index in [0.29, 0.717) is 47.9 Å². The number of pyridine rings is 2. The summed E-state index contributed by atoms with van der Waals surface area (Å²) in [6.07, 6.45) is 3.83. The van der Waals surface area contributed by atoms with E-state index in [2.05, 4.69) is 30.6 Å². The molecular formula is C40H40N8O8S2. The summed E-state index contributed by atoms with van der Waals surface area (Å²) < 4.78 is 11.6. The van der Waals surface area contributed by atoms with E-state index in [1.54, 1.807) is 52.4 Å². The average molecular weight is 825 g/mol. The first-order chi connectivity index (χ1) is 27.7. The second-order valence-corrected chi connectivity index (χ2v) is 14.6. The van der Waals surface area contributed by atoms with Crippen LogP contribution in [0, 0.1) is 13.8 Å². The van der Waals surface area contributed by atoms with Gasteiger partial charge >= 0.3 is 11.9 Å². The monoisotopic (exact) mass is 824 g/mol. The molecule has 2 aromatic carbocycles.